The summed E-state index contributed by atoms with van der Waals surface area (Å²) >= 11 is 0. The van der Waals surface area contributed by atoms with Gasteiger partial charge in [0.2, 0.25) is 5.91 Å². The summed E-state index contributed by atoms with van der Waals surface area (Å²) in [6.07, 6.45) is 0.820. The predicted octanol–water partition coefficient (Wildman–Crippen LogP) is 1.54. The van der Waals surface area contributed by atoms with Crippen LogP contribution >= 0.6 is 0 Å². The van der Waals surface area contributed by atoms with E-state index in [0.717, 1.165) is 29.9 Å². The SMILES string of the molecule is CC(C)c1ccc2c(n1)CCN(C(=O)CN1CC(N=O)C1)C2. The monoisotopic (exact) mass is 302 g/mol. The van der Waals surface area contributed by atoms with E-state index in [-0.39, 0.29) is 11.9 Å². The second-order valence-electron chi connectivity index (χ2n) is 6.52. The van der Waals surface area contributed by atoms with E-state index in [1.807, 2.05) is 9.80 Å². The number of nitroso groups, excluding NO2 is 1. The highest BCUT2D eigenvalue weighted by molar-refractivity contribution is 5.78. The standard InChI is InChI=1S/C16H22N4O2/c1-11(2)14-4-3-12-7-20(6-5-15(12)17-14)16(21)10-19-8-13(9-19)18-22/h3-4,11,13H,5-10H2,1-2H3. The van der Waals surface area contributed by atoms with Gasteiger partial charge in [0.1, 0.15) is 6.04 Å². The molecule has 0 atom stereocenters. The Balaban J connectivity index is 1.59. The minimum Gasteiger partial charge on any atom is -0.337 e. The van der Waals surface area contributed by atoms with Crippen LogP contribution in [-0.2, 0) is 17.8 Å². The van der Waals surface area contributed by atoms with Gasteiger partial charge in [-0.2, -0.15) is 4.91 Å². The van der Waals surface area contributed by atoms with E-state index < -0.39 is 0 Å². The first-order valence-electron chi connectivity index (χ1n) is 7.88. The fourth-order valence-corrected chi connectivity index (χ4v) is 3.00. The number of rotatable bonds is 4. The number of nitrogens with zero attached hydrogens (tertiary/aromatic N) is 4. The minimum absolute atomic E-state index is 0.128. The number of pyridine rings is 1. The summed E-state index contributed by atoms with van der Waals surface area (Å²) in [5, 5.41) is 2.99. The van der Waals surface area contributed by atoms with E-state index >= 15 is 0 Å². The quantitative estimate of drug-likeness (QED) is 0.791. The molecule has 1 saturated heterocycles. The molecule has 0 spiro atoms. The maximum absolute atomic E-state index is 12.3. The summed E-state index contributed by atoms with van der Waals surface area (Å²) in [6, 6.07) is 4.04. The molecule has 0 unspecified atom stereocenters. The Hall–Kier alpha value is -1.82. The van der Waals surface area contributed by atoms with Crippen LogP contribution in [0.1, 0.15) is 36.7 Å². The topological polar surface area (TPSA) is 65.9 Å². The van der Waals surface area contributed by atoms with E-state index in [9.17, 15) is 9.70 Å². The van der Waals surface area contributed by atoms with Crippen molar-refractivity contribution in [3.8, 4) is 0 Å². The van der Waals surface area contributed by atoms with Crippen LogP contribution in [-0.4, -0.2) is 52.9 Å². The van der Waals surface area contributed by atoms with Gasteiger partial charge in [-0.05, 0) is 17.5 Å². The highest BCUT2D eigenvalue weighted by atomic mass is 16.3. The van der Waals surface area contributed by atoms with Gasteiger partial charge in [-0.1, -0.05) is 25.1 Å². The first-order chi connectivity index (χ1) is 10.6. The molecule has 1 aromatic heterocycles. The van der Waals surface area contributed by atoms with Crippen LogP contribution in [0.3, 0.4) is 0 Å². The summed E-state index contributed by atoms with van der Waals surface area (Å²) in [7, 11) is 0. The number of carbonyl (C=O) groups excluding carboxylic acids is 1. The van der Waals surface area contributed by atoms with Crippen molar-refractivity contribution in [1.82, 2.24) is 14.8 Å². The molecule has 0 aromatic carbocycles. The third-order valence-electron chi connectivity index (χ3n) is 4.46. The van der Waals surface area contributed by atoms with E-state index in [0.29, 0.717) is 32.1 Å². The van der Waals surface area contributed by atoms with Gasteiger partial charge in [-0.25, -0.2) is 0 Å². The van der Waals surface area contributed by atoms with Crippen LogP contribution < -0.4 is 0 Å². The fourth-order valence-electron chi connectivity index (χ4n) is 3.00. The number of hydrogen-bond donors (Lipinski definition) is 0. The van der Waals surface area contributed by atoms with E-state index in [2.05, 4.69) is 31.2 Å². The zero-order chi connectivity index (χ0) is 15.7. The molecule has 22 heavy (non-hydrogen) atoms. The molecule has 1 amide bonds. The van der Waals surface area contributed by atoms with Gasteiger partial charge in [-0.15, -0.1) is 0 Å². The number of amides is 1. The first kappa shape index (κ1) is 15.1. The average molecular weight is 302 g/mol. The lowest BCUT2D eigenvalue weighted by atomic mass is 10.0. The van der Waals surface area contributed by atoms with Gasteiger partial charge < -0.3 is 4.90 Å². The third-order valence-corrected chi connectivity index (χ3v) is 4.46. The molecule has 1 fully saturated rings. The van der Waals surface area contributed by atoms with Crippen molar-refractivity contribution in [1.29, 1.82) is 0 Å². The number of aromatic nitrogens is 1. The van der Waals surface area contributed by atoms with E-state index in [1.165, 1.54) is 0 Å². The zero-order valence-corrected chi connectivity index (χ0v) is 13.2. The molecule has 0 N–H and O–H groups in total. The molecule has 3 rings (SSSR count). The Morgan fingerprint density at radius 1 is 1.41 bits per heavy atom. The Bertz CT molecular complexity index is 582. The lowest BCUT2D eigenvalue weighted by Gasteiger charge is -2.36. The Labute approximate surface area is 130 Å². The summed E-state index contributed by atoms with van der Waals surface area (Å²) in [5.41, 5.74) is 3.40. The summed E-state index contributed by atoms with van der Waals surface area (Å²) < 4.78 is 0. The summed E-state index contributed by atoms with van der Waals surface area (Å²) in [4.78, 5) is 31.3. The van der Waals surface area contributed by atoms with E-state index in [1.54, 1.807) is 0 Å². The van der Waals surface area contributed by atoms with Gasteiger partial charge in [0.05, 0.1) is 6.54 Å². The second kappa shape index (κ2) is 6.12. The van der Waals surface area contributed by atoms with Crippen molar-refractivity contribution >= 4 is 5.91 Å². The smallest absolute Gasteiger partial charge is 0.237 e. The highest BCUT2D eigenvalue weighted by Crippen LogP contribution is 2.21. The van der Waals surface area contributed by atoms with Crippen molar-refractivity contribution in [3.05, 3.63) is 34.0 Å². The average Bonchev–Trinajstić information content (AvgIpc) is 2.48. The molecule has 118 valence electrons. The Morgan fingerprint density at radius 2 is 2.18 bits per heavy atom. The Morgan fingerprint density at radius 3 is 2.86 bits per heavy atom. The van der Waals surface area contributed by atoms with Gasteiger partial charge in [0.15, 0.2) is 0 Å². The lowest BCUT2D eigenvalue weighted by molar-refractivity contribution is -0.134. The first-order valence-corrected chi connectivity index (χ1v) is 7.88. The number of hydrogen-bond acceptors (Lipinski definition) is 5. The van der Waals surface area contributed by atoms with Crippen molar-refractivity contribution in [2.24, 2.45) is 5.18 Å². The molecule has 0 bridgehead atoms. The highest BCUT2D eigenvalue weighted by Gasteiger charge is 2.31. The van der Waals surface area contributed by atoms with Gasteiger partial charge >= 0.3 is 0 Å². The summed E-state index contributed by atoms with van der Waals surface area (Å²) in [6.45, 7) is 7.26. The number of likely N-dealkylation sites (tertiary alicyclic amines) is 1. The number of carbonyl (C=O) groups is 1. The van der Waals surface area contributed by atoms with Crippen LogP contribution in [0, 0.1) is 4.91 Å². The van der Waals surface area contributed by atoms with Crippen LogP contribution in [0.4, 0.5) is 0 Å². The van der Waals surface area contributed by atoms with Gasteiger partial charge in [-0.3, -0.25) is 14.7 Å². The van der Waals surface area contributed by atoms with Crippen LogP contribution in [0.5, 0.6) is 0 Å². The molecule has 2 aliphatic rings. The molecule has 6 nitrogen and oxygen atoms in total. The zero-order valence-electron chi connectivity index (χ0n) is 13.2. The molecule has 3 heterocycles. The maximum atomic E-state index is 12.3. The van der Waals surface area contributed by atoms with Crippen LogP contribution in [0.2, 0.25) is 0 Å². The van der Waals surface area contributed by atoms with Gasteiger partial charge in [0, 0.05) is 44.0 Å². The Kier molecular flexibility index (Phi) is 4.20. The van der Waals surface area contributed by atoms with E-state index in [4.69, 9.17) is 4.98 Å². The molecule has 2 aliphatic heterocycles. The molecular weight excluding hydrogens is 280 g/mol. The van der Waals surface area contributed by atoms with Crippen LogP contribution in [0.15, 0.2) is 17.3 Å². The molecule has 0 saturated carbocycles. The second-order valence-corrected chi connectivity index (χ2v) is 6.52. The predicted molar refractivity (Wildman–Crippen MR) is 83.5 cm³/mol. The van der Waals surface area contributed by atoms with Gasteiger partial charge in [0.25, 0.3) is 0 Å². The molecule has 0 aliphatic carbocycles. The van der Waals surface area contributed by atoms with Crippen molar-refractivity contribution < 1.29 is 4.79 Å². The maximum Gasteiger partial charge on any atom is 0.237 e. The van der Waals surface area contributed by atoms with Crippen LogP contribution in [0.25, 0.3) is 0 Å². The number of fused-ring (bicyclic) bond motifs is 1. The molecular formula is C16H22N4O2. The largest absolute Gasteiger partial charge is 0.337 e. The molecule has 1 aromatic rings. The molecule has 6 heteroatoms. The summed E-state index contributed by atoms with van der Waals surface area (Å²) in [5.74, 6) is 0.554. The third kappa shape index (κ3) is 3.02. The van der Waals surface area contributed by atoms with Crippen molar-refractivity contribution in [3.63, 3.8) is 0 Å². The minimum atomic E-state index is -0.131. The van der Waals surface area contributed by atoms with Crippen molar-refractivity contribution in [2.75, 3.05) is 26.2 Å². The fraction of sp³-hybridized carbons (Fsp3) is 0.625. The van der Waals surface area contributed by atoms with Crippen molar-refractivity contribution in [2.45, 2.75) is 38.8 Å². The lowest BCUT2D eigenvalue weighted by Crippen LogP contribution is -2.54. The normalized spacial score (nSPS) is 19.0. The molecule has 0 radical (unpaired) electrons.